The van der Waals surface area contributed by atoms with Crippen molar-refractivity contribution in [3.8, 4) is 0 Å². The van der Waals surface area contributed by atoms with E-state index in [0.29, 0.717) is 5.56 Å². The number of nitrogens with one attached hydrogen (secondary N) is 1. The summed E-state index contributed by atoms with van der Waals surface area (Å²) in [5.41, 5.74) is 2.90. The highest BCUT2D eigenvalue weighted by atomic mass is 16.1. The number of hydrogen-bond donors (Lipinski definition) is 1. The van der Waals surface area contributed by atoms with Crippen LogP contribution in [0.3, 0.4) is 0 Å². The average molecular weight is 366 g/mol. The summed E-state index contributed by atoms with van der Waals surface area (Å²) in [6.45, 7) is 2.27. The summed E-state index contributed by atoms with van der Waals surface area (Å²) in [5.74, 6) is -0.0574. The molecule has 0 saturated heterocycles. The van der Waals surface area contributed by atoms with Crippen molar-refractivity contribution < 1.29 is 4.79 Å². The Morgan fingerprint density at radius 3 is 1.85 bits per heavy atom. The van der Waals surface area contributed by atoms with Gasteiger partial charge in [0.15, 0.2) is 0 Å². The molecule has 2 aromatic carbocycles. The second-order valence-corrected chi connectivity index (χ2v) is 7.45. The Morgan fingerprint density at radius 2 is 1.26 bits per heavy atom. The molecule has 0 aliphatic heterocycles. The maximum Gasteiger partial charge on any atom is 0.255 e. The lowest BCUT2D eigenvalue weighted by atomic mass is 10.0. The molecule has 0 fully saturated rings. The minimum atomic E-state index is -0.0574. The Morgan fingerprint density at radius 1 is 0.704 bits per heavy atom. The van der Waals surface area contributed by atoms with E-state index in [0.717, 1.165) is 12.1 Å². The van der Waals surface area contributed by atoms with Crippen molar-refractivity contribution in [3.05, 3.63) is 65.7 Å². The third-order valence-electron chi connectivity index (χ3n) is 5.07. The van der Waals surface area contributed by atoms with Gasteiger partial charge in [-0.05, 0) is 42.7 Å². The molecule has 0 aliphatic carbocycles. The average Bonchev–Trinajstić information content (AvgIpc) is 2.71. The lowest BCUT2D eigenvalue weighted by molar-refractivity contribution is 0.102. The summed E-state index contributed by atoms with van der Waals surface area (Å²) < 4.78 is 0. The molecule has 2 heteroatoms. The minimum Gasteiger partial charge on any atom is -0.322 e. The molecule has 27 heavy (non-hydrogen) atoms. The lowest BCUT2D eigenvalue weighted by Gasteiger charge is -2.07. The number of unbranched alkanes of at least 4 members (excludes halogenated alkanes) is 9. The Hall–Kier alpha value is -2.09. The van der Waals surface area contributed by atoms with Gasteiger partial charge in [-0.3, -0.25) is 4.79 Å². The van der Waals surface area contributed by atoms with Gasteiger partial charge < -0.3 is 5.32 Å². The van der Waals surface area contributed by atoms with Crippen molar-refractivity contribution in [2.24, 2.45) is 0 Å². The van der Waals surface area contributed by atoms with E-state index in [4.69, 9.17) is 0 Å². The van der Waals surface area contributed by atoms with Gasteiger partial charge in [0.2, 0.25) is 0 Å². The third kappa shape index (κ3) is 8.90. The van der Waals surface area contributed by atoms with Gasteiger partial charge in [-0.25, -0.2) is 0 Å². The summed E-state index contributed by atoms with van der Waals surface area (Å²) in [6.07, 6.45) is 14.8. The Kier molecular flexibility index (Phi) is 10.3. The predicted molar refractivity (Wildman–Crippen MR) is 116 cm³/mol. The van der Waals surface area contributed by atoms with Crippen LogP contribution in [-0.2, 0) is 6.42 Å². The monoisotopic (exact) mass is 365 g/mol. The molecule has 0 heterocycles. The van der Waals surface area contributed by atoms with Crippen molar-refractivity contribution in [1.82, 2.24) is 0 Å². The van der Waals surface area contributed by atoms with E-state index in [1.165, 1.54) is 69.8 Å². The molecular formula is C25H35NO. The van der Waals surface area contributed by atoms with E-state index in [9.17, 15) is 4.79 Å². The lowest BCUT2D eigenvalue weighted by Crippen LogP contribution is -2.11. The van der Waals surface area contributed by atoms with Crippen molar-refractivity contribution in [1.29, 1.82) is 0 Å². The molecule has 0 aromatic heterocycles. The zero-order valence-electron chi connectivity index (χ0n) is 16.9. The molecule has 0 bridgehead atoms. The summed E-state index contributed by atoms with van der Waals surface area (Å²) in [7, 11) is 0. The number of anilines is 1. The minimum absolute atomic E-state index is 0.0574. The van der Waals surface area contributed by atoms with Crippen LogP contribution in [0.25, 0.3) is 0 Å². The standard InChI is InChI=1S/C25H35NO/c1-2-3-4-5-6-7-8-9-10-12-15-22-18-20-24(21-19-22)26-25(27)23-16-13-11-14-17-23/h11,13-14,16-21H,2-10,12,15H2,1H3,(H,26,27). The first kappa shape index (κ1) is 21.2. The van der Waals surface area contributed by atoms with E-state index in [1.54, 1.807) is 0 Å². The fourth-order valence-electron chi connectivity index (χ4n) is 3.36. The number of carbonyl (C=O) groups is 1. The van der Waals surface area contributed by atoms with Crippen LogP contribution in [0.2, 0.25) is 0 Å². The van der Waals surface area contributed by atoms with E-state index in [2.05, 4.69) is 24.4 Å². The van der Waals surface area contributed by atoms with Crippen LogP contribution in [0.4, 0.5) is 5.69 Å². The van der Waals surface area contributed by atoms with Crippen molar-refractivity contribution in [3.63, 3.8) is 0 Å². The molecule has 0 aliphatic rings. The highest BCUT2D eigenvalue weighted by Gasteiger charge is 2.04. The molecule has 0 unspecified atom stereocenters. The molecule has 0 atom stereocenters. The smallest absolute Gasteiger partial charge is 0.255 e. The molecular weight excluding hydrogens is 330 g/mol. The number of benzene rings is 2. The van der Waals surface area contributed by atoms with Gasteiger partial charge in [0.25, 0.3) is 5.91 Å². The number of amides is 1. The van der Waals surface area contributed by atoms with E-state index < -0.39 is 0 Å². The Labute approximate surface area is 165 Å². The van der Waals surface area contributed by atoms with Crippen LogP contribution in [0.15, 0.2) is 54.6 Å². The van der Waals surface area contributed by atoms with E-state index >= 15 is 0 Å². The normalized spacial score (nSPS) is 10.7. The van der Waals surface area contributed by atoms with Crippen LogP contribution < -0.4 is 5.32 Å². The van der Waals surface area contributed by atoms with Crippen LogP contribution in [0, 0.1) is 0 Å². The number of aryl methyl sites for hydroxylation is 1. The van der Waals surface area contributed by atoms with Gasteiger partial charge >= 0.3 is 0 Å². The van der Waals surface area contributed by atoms with E-state index in [-0.39, 0.29) is 5.91 Å². The third-order valence-corrected chi connectivity index (χ3v) is 5.07. The zero-order chi connectivity index (χ0) is 19.2. The fourth-order valence-corrected chi connectivity index (χ4v) is 3.36. The SMILES string of the molecule is CCCCCCCCCCCCc1ccc(NC(=O)c2ccccc2)cc1. The number of carbonyl (C=O) groups excluding carboxylic acids is 1. The van der Waals surface area contributed by atoms with Crippen LogP contribution in [-0.4, -0.2) is 5.91 Å². The molecule has 0 saturated carbocycles. The molecule has 1 N–H and O–H groups in total. The topological polar surface area (TPSA) is 29.1 Å². The molecule has 2 rings (SSSR count). The maximum absolute atomic E-state index is 12.2. The summed E-state index contributed by atoms with van der Waals surface area (Å²) in [4.78, 5) is 12.2. The Bertz CT molecular complexity index is 633. The van der Waals surface area contributed by atoms with Crippen molar-refractivity contribution in [2.45, 2.75) is 77.6 Å². The van der Waals surface area contributed by atoms with Crippen LogP contribution in [0.5, 0.6) is 0 Å². The number of hydrogen-bond acceptors (Lipinski definition) is 1. The maximum atomic E-state index is 12.2. The summed E-state index contributed by atoms with van der Waals surface area (Å²) >= 11 is 0. The fraction of sp³-hybridized carbons (Fsp3) is 0.480. The molecule has 2 aromatic rings. The zero-order valence-corrected chi connectivity index (χ0v) is 16.9. The molecule has 146 valence electrons. The van der Waals surface area contributed by atoms with E-state index in [1.807, 2.05) is 42.5 Å². The summed E-state index contributed by atoms with van der Waals surface area (Å²) in [6, 6.07) is 17.6. The van der Waals surface area contributed by atoms with Gasteiger partial charge in [0.05, 0.1) is 0 Å². The molecule has 2 nitrogen and oxygen atoms in total. The second-order valence-electron chi connectivity index (χ2n) is 7.45. The van der Waals surface area contributed by atoms with Gasteiger partial charge in [-0.2, -0.15) is 0 Å². The van der Waals surface area contributed by atoms with Gasteiger partial charge in [0, 0.05) is 11.3 Å². The first-order valence-corrected chi connectivity index (χ1v) is 10.7. The van der Waals surface area contributed by atoms with Crippen LogP contribution in [0.1, 0.15) is 87.1 Å². The van der Waals surface area contributed by atoms with Crippen molar-refractivity contribution in [2.75, 3.05) is 5.32 Å². The molecule has 0 spiro atoms. The molecule has 0 radical (unpaired) electrons. The Balaban J connectivity index is 1.57. The number of rotatable bonds is 13. The van der Waals surface area contributed by atoms with Gasteiger partial charge in [-0.1, -0.05) is 95.0 Å². The highest BCUT2D eigenvalue weighted by molar-refractivity contribution is 6.04. The van der Waals surface area contributed by atoms with Gasteiger partial charge in [0.1, 0.15) is 0 Å². The molecule has 1 amide bonds. The summed E-state index contributed by atoms with van der Waals surface area (Å²) in [5, 5.41) is 2.96. The first-order chi connectivity index (χ1) is 13.3. The quantitative estimate of drug-likeness (QED) is 0.368. The second kappa shape index (κ2) is 13.1. The van der Waals surface area contributed by atoms with Gasteiger partial charge in [-0.15, -0.1) is 0 Å². The predicted octanol–water partition coefficient (Wildman–Crippen LogP) is 7.40. The highest BCUT2D eigenvalue weighted by Crippen LogP contribution is 2.15. The van der Waals surface area contributed by atoms with Crippen LogP contribution >= 0.6 is 0 Å². The largest absolute Gasteiger partial charge is 0.322 e. The van der Waals surface area contributed by atoms with Crippen molar-refractivity contribution >= 4 is 11.6 Å². The first-order valence-electron chi connectivity index (χ1n) is 10.7.